The normalized spacial score (nSPS) is 33.3. The van der Waals surface area contributed by atoms with Gasteiger partial charge in [0.05, 0.1) is 151 Å². The number of urea groups is 2. The summed E-state index contributed by atoms with van der Waals surface area (Å²) in [5, 5.41) is 42.9. The van der Waals surface area contributed by atoms with Gasteiger partial charge in [-0.15, -0.1) is 5.06 Å². The Morgan fingerprint density at radius 3 is 1.27 bits per heavy atom. The van der Waals surface area contributed by atoms with Crippen molar-refractivity contribution >= 4 is 71.1 Å². The van der Waals surface area contributed by atoms with Gasteiger partial charge in [-0.1, -0.05) is 77.7 Å². The Hall–Kier alpha value is -4.77. The zero-order chi connectivity index (χ0) is 89.4. The molecule has 8 aliphatic carbocycles. The minimum atomic E-state index is -1.00. The Balaban J connectivity index is 0.000000205. The maximum atomic E-state index is 12.7. The summed E-state index contributed by atoms with van der Waals surface area (Å²) in [7, 11) is -1.00. The van der Waals surface area contributed by atoms with E-state index in [4.69, 9.17) is 49.8 Å². The van der Waals surface area contributed by atoms with E-state index in [9.17, 15) is 53.0 Å². The number of rotatable bonds is 48. The summed E-state index contributed by atoms with van der Waals surface area (Å²) in [5.41, 5.74) is 9.62. The number of nitrogens with two attached hydrogens (primary N) is 1. The highest BCUT2D eigenvalue weighted by molar-refractivity contribution is 8.00. The lowest BCUT2D eigenvalue weighted by atomic mass is 9.47. The average molecular weight is 1790 g/mol. The second kappa shape index (κ2) is 51.1. The molecule has 0 aromatic rings. The van der Waals surface area contributed by atoms with Crippen LogP contribution in [0.3, 0.4) is 0 Å². The molecule has 9 amide bonds. The number of unbranched alkanes of at least 4 members (excludes halogenated alkanes) is 2. The number of hydrogen-bond acceptors (Lipinski definition) is 22. The molecule has 22 atom stereocenters. The first-order valence-corrected chi connectivity index (χ1v) is 49.6. The smallest absolute Gasteiger partial charge is 0.333 e. The van der Waals surface area contributed by atoms with Gasteiger partial charge in [0.15, 0.2) is 0 Å². The second-order valence-electron chi connectivity index (χ2n) is 38.3. The number of amides is 9. The van der Waals surface area contributed by atoms with Crippen molar-refractivity contribution in [2.24, 2.45) is 86.6 Å². The molecule has 706 valence electrons. The number of halogens is 1. The third kappa shape index (κ3) is 28.1. The largest absolute Gasteiger partial charge is 0.393 e. The summed E-state index contributed by atoms with van der Waals surface area (Å²) in [4.78, 5) is 100. The molecule has 0 radical (unpaired) electrons. The van der Waals surface area contributed by atoms with E-state index < -0.39 is 24.9 Å². The first-order valence-electron chi connectivity index (χ1n) is 48.2. The van der Waals surface area contributed by atoms with E-state index >= 15 is 0 Å². The summed E-state index contributed by atoms with van der Waals surface area (Å²) >= 11 is 3.81. The molecular weight excluding hydrogens is 1630 g/mol. The maximum Gasteiger partial charge on any atom is 0.333 e. The molecule has 13 rings (SSSR count). The van der Waals surface area contributed by atoms with Crippen LogP contribution in [0.1, 0.15) is 236 Å². The van der Waals surface area contributed by atoms with Crippen LogP contribution in [-0.4, -0.2) is 260 Å². The summed E-state index contributed by atoms with van der Waals surface area (Å²) < 4.78 is 59.2. The number of nitrogens with zero attached hydrogens (tertiary/aromatic N) is 1. The quantitative estimate of drug-likeness (QED) is 0.0117. The van der Waals surface area contributed by atoms with Crippen molar-refractivity contribution in [1.82, 2.24) is 42.3 Å². The SMILES string of the molecule is C[C@H](CCC(=O)NCCOCCOCCOCCOCCNC(=O)CCCC[C@@H]1SC[C@@H]2NC(=O)N[C@@H]21)[C@H]1CC[C@H]2[C@@H]3CC=C4C[C@H](O)CC[C@]4(C)[C@H]3CC[C@]12C.C[C@H](CCC(=O)ON1C(=O)CCC1=O)[C@H]1CC[C@H]2[C@@H]3CC=C4C[C@H](O)CC[C@]4(C)[C@H]3CC[C@]12C.NCCOCCOCCOCCOCCNC(=O)CCCC[C@@H]1SC[C@@H]2NC(=O)N[C@@H]21.[2H]CF. The van der Waals surface area contributed by atoms with Gasteiger partial charge in [-0.3, -0.25) is 28.4 Å². The summed E-state index contributed by atoms with van der Waals surface area (Å²) in [6.45, 7) is 24.6. The Kier molecular flexibility index (Phi) is 41.2. The topological polar surface area (TPSA) is 374 Å². The molecule has 5 heterocycles. The van der Waals surface area contributed by atoms with Crippen molar-refractivity contribution in [3.8, 4) is 0 Å². The third-order valence-electron chi connectivity index (χ3n) is 30.9. The first kappa shape index (κ1) is 99.8. The molecule has 6 saturated carbocycles. The van der Waals surface area contributed by atoms with Gasteiger partial charge in [0, 0.05) is 86.7 Å². The van der Waals surface area contributed by atoms with Crippen LogP contribution in [0, 0.1) is 80.8 Å². The molecule has 11 fully saturated rings. The van der Waals surface area contributed by atoms with Crippen LogP contribution in [0.2, 0.25) is 0 Å². The van der Waals surface area contributed by atoms with Crippen molar-refractivity contribution in [2.45, 2.75) is 281 Å². The Bertz CT molecular complexity index is 3440. The minimum Gasteiger partial charge on any atom is -0.393 e. The highest BCUT2D eigenvalue weighted by Crippen LogP contribution is 2.69. The number of thioether (sulfide) groups is 2. The monoisotopic (exact) mass is 1790 g/mol. The number of nitrogens with one attached hydrogen (secondary N) is 7. The van der Waals surface area contributed by atoms with E-state index in [1.165, 1.54) is 63.4 Å². The predicted molar refractivity (Wildman–Crippen MR) is 476 cm³/mol. The van der Waals surface area contributed by atoms with Gasteiger partial charge >= 0.3 is 18.0 Å². The summed E-state index contributed by atoms with van der Waals surface area (Å²) in [6.07, 6.45) is 32.7. The van der Waals surface area contributed by atoms with Crippen LogP contribution in [-0.2, 0) is 71.5 Å². The number of hydrogen-bond donors (Lipinski definition) is 10. The molecule has 124 heavy (non-hydrogen) atoms. The van der Waals surface area contributed by atoms with Gasteiger partial charge in [-0.25, -0.2) is 14.4 Å². The van der Waals surface area contributed by atoms with Gasteiger partial charge in [-0.2, -0.15) is 23.5 Å². The van der Waals surface area contributed by atoms with Gasteiger partial charge in [-0.05, 0) is 222 Å². The molecule has 0 spiro atoms. The average Bonchev–Trinajstić information content (AvgIpc) is 1.62. The summed E-state index contributed by atoms with van der Waals surface area (Å²) in [6, 6.07) is 0.855. The first-order chi connectivity index (χ1) is 60.3. The molecule has 0 bridgehead atoms. The second-order valence-corrected chi connectivity index (χ2v) is 40.9. The molecule has 28 nitrogen and oxygen atoms in total. The summed E-state index contributed by atoms with van der Waals surface area (Å²) in [5.74, 6) is 7.59. The highest BCUT2D eigenvalue weighted by atomic mass is 32.2. The van der Waals surface area contributed by atoms with Gasteiger partial charge in [0.2, 0.25) is 17.7 Å². The van der Waals surface area contributed by atoms with Crippen molar-refractivity contribution in [2.75, 3.05) is 151 Å². The van der Waals surface area contributed by atoms with E-state index in [0.717, 1.165) is 143 Å². The molecule has 5 saturated heterocycles. The standard InChI is InChI=1S/C44H74N4O8S.C28H41NO5.C20H38N4O6S.CH3F/c1-30(34-11-12-35-33-10-9-31-28-32(49)14-16-43(31,2)36(33)15-17-44(34,35)3)8-13-40(51)46-19-21-54-23-25-56-27-26-55-24-22-53-20-18-45-39(50)7-5-4-6-38-41-37(29-57-38)47-42(52)48-41;1-17(4-11-26(33)34-29-24(31)9-10-25(29)32)21-7-8-22-20-6-5-18-16-19(30)12-14-27(18,2)23(20)13-15-28(21,22)3;21-5-7-27-9-11-29-13-14-30-12-10-28-8-6-22-18(25)4-2-1-3-17-19-16(15-31-17)23-20(26)24-19;1-2/h9,30,32-38,41,49H,4-8,10-29H2,1-3H3,(H,45,50)(H,46,51)(H2,47,48,52);5,17,19-23,30H,4,6-16H2,1-3H3;16-17,19H,1-15,21H2,(H,22,25)(H2,23,24,26);1H3/t30-,32-,33+,34-,35+,36+,37+,38+,41+,43+,44-;17-,19-,20+,21-,22+,23+,27+,28-;16-,17-,19-;/m110./s1/i;;;1D. The number of carbonyl (C=O) groups excluding carboxylic acids is 8. The lowest BCUT2D eigenvalue weighted by molar-refractivity contribution is -0.197. The fourth-order valence-corrected chi connectivity index (χ4v) is 27.4. The Morgan fingerprint density at radius 1 is 0.508 bits per heavy atom. The molecule has 0 aromatic heterocycles. The van der Waals surface area contributed by atoms with Gasteiger partial charge in [0.1, 0.15) is 0 Å². The third-order valence-corrected chi connectivity index (χ3v) is 33.9. The van der Waals surface area contributed by atoms with Crippen LogP contribution in [0.25, 0.3) is 0 Å². The molecule has 0 unspecified atom stereocenters. The van der Waals surface area contributed by atoms with E-state index in [2.05, 4.69) is 90.9 Å². The number of aliphatic hydroxyl groups excluding tert-OH is 2. The fraction of sp³-hybridized carbons (Fsp3) is 0.871. The van der Waals surface area contributed by atoms with Crippen LogP contribution in [0.5, 0.6) is 0 Å². The molecule has 11 N–H and O–H groups in total. The number of imide groups is 1. The zero-order valence-corrected chi connectivity index (χ0v) is 77.2. The lowest BCUT2D eigenvalue weighted by Gasteiger charge is -2.58. The minimum absolute atomic E-state index is 0.0472. The van der Waals surface area contributed by atoms with Crippen LogP contribution in [0.15, 0.2) is 23.3 Å². The van der Waals surface area contributed by atoms with Crippen LogP contribution < -0.4 is 43.0 Å². The van der Waals surface area contributed by atoms with Crippen LogP contribution >= 0.6 is 23.5 Å². The Labute approximate surface area is 747 Å². The maximum absolute atomic E-state index is 12.7. The van der Waals surface area contributed by atoms with Crippen molar-refractivity contribution in [1.29, 1.82) is 0 Å². The number of alkyl halides is 1. The molecular formula is C93H156FN9O19S2. The molecule has 31 heteroatoms. The predicted octanol–water partition coefficient (Wildman–Crippen LogP) is 10.8. The number of carbonyl (C=O) groups is 8. The van der Waals surface area contributed by atoms with Crippen molar-refractivity contribution < 1.29 is 97.1 Å². The number of hydroxylamine groups is 2. The Morgan fingerprint density at radius 2 is 0.879 bits per heavy atom. The van der Waals surface area contributed by atoms with Crippen LogP contribution in [0.4, 0.5) is 14.0 Å². The van der Waals surface area contributed by atoms with E-state index in [-0.39, 0.29) is 96.3 Å². The van der Waals surface area contributed by atoms with E-state index in [0.29, 0.717) is 201 Å². The number of ether oxygens (including phenoxy) is 8. The van der Waals surface area contributed by atoms with Gasteiger partial charge in [0.25, 0.3) is 11.8 Å². The van der Waals surface area contributed by atoms with E-state index in [1.807, 2.05) is 23.5 Å². The zero-order valence-electron chi connectivity index (χ0n) is 76.6. The fourth-order valence-electron chi connectivity index (χ4n) is 24.4. The van der Waals surface area contributed by atoms with Gasteiger partial charge < -0.3 is 95.9 Å². The lowest BCUT2D eigenvalue weighted by Crippen LogP contribution is -2.50. The molecule has 13 aliphatic rings. The molecule has 5 aliphatic heterocycles. The number of aliphatic hydroxyl groups is 2. The highest BCUT2D eigenvalue weighted by Gasteiger charge is 2.61. The molecule has 0 aromatic carbocycles. The van der Waals surface area contributed by atoms with E-state index in [1.54, 1.807) is 5.57 Å². The van der Waals surface area contributed by atoms with Crippen molar-refractivity contribution in [3.63, 3.8) is 0 Å². The number of allylic oxidation sites excluding steroid dienone is 2. The number of fused-ring (bicyclic) bond motifs is 12. The van der Waals surface area contributed by atoms with Crippen molar-refractivity contribution in [3.05, 3.63) is 23.3 Å².